The number of fused-ring (bicyclic) bond motifs is 1. The SMILES string of the molecule is CC1=NC(C)C(C)=C2CC(NS(=O)(=O)c3ncc[nH]3)CN12. The fourth-order valence-electron chi connectivity index (χ4n) is 2.88. The first-order chi connectivity index (χ1) is 9.88. The molecule has 2 N–H and O–H groups in total. The molecule has 0 radical (unpaired) electrons. The molecule has 2 aliphatic rings. The first-order valence-corrected chi connectivity index (χ1v) is 8.40. The van der Waals surface area contributed by atoms with Gasteiger partial charge in [0.05, 0.1) is 6.04 Å². The van der Waals surface area contributed by atoms with E-state index in [1.165, 1.54) is 23.7 Å². The number of amidine groups is 1. The van der Waals surface area contributed by atoms with Gasteiger partial charge >= 0.3 is 0 Å². The van der Waals surface area contributed by atoms with Crippen molar-refractivity contribution >= 4 is 15.9 Å². The predicted molar refractivity (Wildman–Crippen MR) is 79.3 cm³/mol. The van der Waals surface area contributed by atoms with Gasteiger partial charge in [0.2, 0.25) is 5.16 Å². The number of aromatic amines is 1. The van der Waals surface area contributed by atoms with Gasteiger partial charge in [0, 0.05) is 37.1 Å². The Bertz CT molecular complexity index is 705. The summed E-state index contributed by atoms with van der Waals surface area (Å²) in [7, 11) is -3.60. The van der Waals surface area contributed by atoms with Gasteiger partial charge in [-0.15, -0.1) is 0 Å². The number of sulfonamides is 1. The smallest absolute Gasteiger partial charge is 0.274 e. The number of aliphatic imine (C=N–C) groups is 1. The molecule has 21 heavy (non-hydrogen) atoms. The maximum atomic E-state index is 12.2. The summed E-state index contributed by atoms with van der Waals surface area (Å²) in [6, 6.07) is -0.00261. The largest absolute Gasteiger partial charge is 0.334 e. The topological polar surface area (TPSA) is 90.5 Å². The number of rotatable bonds is 3. The first kappa shape index (κ1) is 14.3. The van der Waals surface area contributed by atoms with Crippen molar-refractivity contribution < 1.29 is 8.42 Å². The summed E-state index contributed by atoms with van der Waals surface area (Å²) in [5.74, 6) is 0.947. The lowest BCUT2D eigenvalue weighted by Gasteiger charge is -2.28. The fourth-order valence-corrected chi connectivity index (χ4v) is 4.01. The van der Waals surface area contributed by atoms with Crippen molar-refractivity contribution in [1.82, 2.24) is 19.6 Å². The van der Waals surface area contributed by atoms with Gasteiger partial charge in [-0.3, -0.25) is 4.99 Å². The van der Waals surface area contributed by atoms with Crippen molar-refractivity contribution in [2.75, 3.05) is 6.54 Å². The molecule has 0 saturated carbocycles. The highest BCUT2D eigenvalue weighted by molar-refractivity contribution is 7.89. The Morgan fingerprint density at radius 1 is 1.43 bits per heavy atom. The first-order valence-electron chi connectivity index (χ1n) is 6.92. The van der Waals surface area contributed by atoms with Crippen LogP contribution in [0.5, 0.6) is 0 Å². The van der Waals surface area contributed by atoms with Crippen LogP contribution in [0, 0.1) is 0 Å². The lowest BCUT2D eigenvalue weighted by Crippen LogP contribution is -2.39. The van der Waals surface area contributed by atoms with E-state index in [1.807, 2.05) is 6.92 Å². The fraction of sp³-hybridized carbons (Fsp3) is 0.538. The lowest BCUT2D eigenvalue weighted by molar-refractivity contribution is 0.507. The third-order valence-corrected chi connectivity index (χ3v) is 5.45. The number of hydrogen-bond acceptors (Lipinski definition) is 5. The third-order valence-electron chi connectivity index (χ3n) is 4.07. The maximum absolute atomic E-state index is 12.2. The van der Waals surface area contributed by atoms with Gasteiger partial charge in [-0.05, 0) is 26.3 Å². The summed E-state index contributed by atoms with van der Waals surface area (Å²) >= 11 is 0. The molecule has 1 saturated heterocycles. The van der Waals surface area contributed by atoms with E-state index >= 15 is 0 Å². The van der Waals surface area contributed by atoms with E-state index in [4.69, 9.17) is 0 Å². The predicted octanol–water partition coefficient (Wildman–Crippen LogP) is 0.857. The highest BCUT2D eigenvalue weighted by atomic mass is 32.2. The molecule has 0 spiro atoms. The van der Waals surface area contributed by atoms with Gasteiger partial charge in [0.25, 0.3) is 10.0 Å². The highest BCUT2D eigenvalue weighted by Gasteiger charge is 2.35. The molecule has 1 fully saturated rings. The number of nitrogens with zero attached hydrogens (tertiary/aromatic N) is 3. The van der Waals surface area contributed by atoms with Crippen LogP contribution in [0.15, 0.2) is 33.8 Å². The summed E-state index contributed by atoms with van der Waals surface area (Å²) < 4.78 is 27.1. The lowest BCUT2D eigenvalue weighted by atomic mass is 10.0. The van der Waals surface area contributed by atoms with Gasteiger partial charge in [-0.2, -0.15) is 0 Å². The Hall–Kier alpha value is -1.67. The van der Waals surface area contributed by atoms with E-state index in [-0.39, 0.29) is 17.2 Å². The van der Waals surface area contributed by atoms with Crippen LogP contribution in [0.4, 0.5) is 0 Å². The van der Waals surface area contributed by atoms with E-state index in [0.717, 1.165) is 5.84 Å². The van der Waals surface area contributed by atoms with Crippen molar-refractivity contribution in [3.05, 3.63) is 23.7 Å². The number of hydrogen-bond donors (Lipinski definition) is 2. The van der Waals surface area contributed by atoms with Crippen molar-refractivity contribution in [2.24, 2.45) is 4.99 Å². The minimum Gasteiger partial charge on any atom is -0.334 e. The maximum Gasteiger partial charge on any atom is 0.274 e. The van der Waals surface area contributed by atoms with Crippen LogP contribution in [0.3, 0.4) is 0 Å². The monoisotopic (exact) mass is 309 g/mol. The molecule has 0 amide bonds. The summed E-state index contributed by atoms with van der Waals surface area (Å²) in [5, 5.41) is -0.0446. The Labute approximate surface area is 124 Å². The summed E-state index contributed by atoms with van der Waals surface area (Å²) in [5.41, 5.74) is 2.39. The summed E-state index contributed by atoms with van der Waals surface area (Å²) in [4.78, 5) is 13.1. The van der Waals surface area contributed by atoms with Crippen molar-refractivity contribution in [1.29, 1.82) is 0 Å². The number of imidazole rings is 1. The molecule has 3 heterocycles. The molecular weight excluding hydrogens is 290 g/mol. The zero-order valence-electron chi connectivity index (χ0n) is 12.3. The summed E-state index contributed by atoms with van der Waals surface area (Å²) in [6.07, 6.45) is 3.61. The van der Waals surface area contributed by atoms with E-state index < -0.39 is 10.0 Å². The molecule has 2 unspecified atom stereocenters. The van der Waals surface area contributed by atoms with Crippen LogP contribution in [-0.2, 0) is 10.0 Å². The normalized spacial score (nSPS) is 26.0. The van der Waals surface area contributed by atoms with Gasteiger partial charge in [-0.1, -0.05) is 0 Å². The average molecular weight is 309 g/mol. The number of H-pyrrole nitrogens is 1. The second kappa shape index (κ2) is 4.96. The molecule has 8 heteroatoms. The van der Waals surface area contributed by atoms with Gasteiger partial charge in [0.1, 0.15) is 5.84 Å². The molecule has 2 atom stereocenters. The Morgan fingerprint density at radius 3 is 2.86 bits per heavy atom. The molecule has 1 aromatic heterocycles. The van der Waals surface area contributed by atoms with Gasteiger partial charge in [-0.25, -0.2) is 18.1 Å². The van der Waals surface area contributed by atoms with Crippen LogP contribution in [0.2, 0.25) is 0 Å². The number of nitrogens with one attached hydrogen (secondary N) is 2. The third kappa shape index (κ3) is 2.49. The Morgan fingerprint density at radius 2 is 2.19 bits per heavy atom. The second-order valence-corrected chi connectivity index (χ2v) is 7.14. The van der Waals surface area contributed by atoms with Crippen molar-refractivity contribution in [2.45, 2.75) is 44.4 Å². The zero-order valence-corrected chi connectivity index (χ0v) is 13.1. The van der Waals surface area contributed by atoms with Crippen LogP contribution >= 0.6 is 0 Å². The number of aromatic nitrogens is 2. The minimum absolute atomic E-state index is 0.0446. The van der Waals surface area contributed by atoms with Crippen LogP contribution in [0.25, 0.3) is 0 Å². The molecular formula is C13H19N5O2S. The van der Waals surface area contributed by atoms with Crippen LogP contribution in [-0.4, -0.2) is 47.7 Å². The molecule has 0 bridgehead atoms. The molecule has 0 aliphatic carbocycles. The zero-order chi connectivity index (χ0) is 15.2. The van der Waals surface area contributed by atoms with E-state index in [0.29, 0.717) is 13.0 Å². The Kier molecular flexibility index (Phi) is 3.37. The molecule has 1 aromatic rings. The molecule has 3 rings (SSSR count). The second-order valence-electron chi connectivity index (χ2n) is 5.51. The van der Waals surface area contributed by atoms with E-state index in [9.17, 15) is 8.42 Å². The minimum atomic E-state index is -3.60. The quantitative estimate of drug-likeness (QED) is 0.866. The summed E-state index contributed by atoms with van der Waals surface area (Å²) in [6.45, 7) is 6.69. The van der Waals surface area contributed by atoms with Crippen molar-refractivity contribution in [3.8, 4) is 0 Å². The molecule has 2 aliphatic heterocycles. The molecule has 114 valence electrons. The highest BCUT2D eigenvalue weighted by Crippen LogP contribution is 2.31. The molecule has 7 nitrogen and oxygen atoms in total. The van der Waals surface area contributed by atoms with Crippen LogP contribution < -0.4 is 4.72 Å². The standard InChI is InChI=1S/C13H19N5O2S/c1-8-9(2)16-10(3)18-7-11(6-12(8)18)17-21(19,20)13-14-4-5-15-13/h4-5,9,11,17H,6-7H2,1-3H3,(H,14,15). The Balaban J connectivity index is 1.81. The average Bonchev–Trinajstić information content (AvgIpc) is 3.04. The van der Waals surface area contributed by atoms with E-state index in [1.54, 1.807) is 0 Å². The molecule has 0 aromatic carbocycles. The van der Waals surface area contributed by atoms with Crippen molar-refractivity contribution in [3.63, 3.8) is 0 Å². The van der Waals surface area contributed by atoms with Gasteiger partial charge in [0.15, 0.2) is 0 Å². The van der Waals surface area contributed by atoms with Gasteiger partial charge < -0.3 is 9.88 Å². The van der Waals surface area contributed by atoms with Crippen LogP contribution in [0.1, 0.15) is 27.2 Å². The van der Waals surface area contributed by atoms with E-state index in [2.05, 4.69) is 38.4 Å².